The topological polar surface area (TPSA) is 35.5 Å². The van der Waals surface area contributed by atoms with Gasteiger partial charge in [-0.25, -0.2) is 9.97 Å². The lowest BCUT2D eigenvalue weighted by Gasteiger charge is -2.38. The zero-order chi connectivity index (χ0) is 26.6. The molecule has 4 heterocycles. The Hall–Kier alpha value is -3.60. The molecule has 0 fully saturated rings. The quantitative estimate of drug-likeness (QED) is 0.363. The molecule has 3 aliphatic rings. The largest absolute Gasteiger partial charge is 0.344 e. The fraction of sp³-hybridized carbons (Fsp3) is 0.394. The molecule has 0 bridgehead atoms. The maximum atomic E-state index is 4.78. The highest BCUT2D eigenvalue weighted by atomic mass is 15.4. The zero-order valence-electron chi connectivity index (χ0n) is 23.5. The number of anilines is 4. The Morgan fingerprint density at radius 1 is 1.00 bits per heavy atom. The van der Waals surface area contributed by atoms with Crippen LogP contribution in [0.25, 0.3) is 5.57 Å². The molecule has 0 aliphatic carbocycles. The molecule has 196 valence electrons. The van der Waals surface area contributed by atoms with Gasteiger partial charge in [-0.05, 0) is 60.9 Å². The number of nitrogens with zero attached hydrogens (tertiary/aromatic N) is 5. The van der Waals surface area contributed by atoms with E-state index in [2.05, 4.69) is 122 Å². The summed E-state index contributed by atoms with van der Waals surface area (Å²) in [5.41, 5.74) is 9.33. The number of fused-ring (bicyclic) bond motifs is 8. The van der Waals surface area contributed by atoms with Crippen LogP contribution in [0.15, 0.2) is 78.9 Å². The van der Waals surface area contributed by atoms with Gasteiger partial charge >= 0.3 is 0 Å². The van der Waals surface area contributed by atoms with Crippen LogP contribution < -0.4 is 14.7 Å². The van der Waals surface area contributed by atoms with E-state index in [1.807, 2.05) is 6.20 Å². The van der Waals surface area contributed by atoms with Gasteiger partial charge < -0.3 is 14.7 Å². The minimum atomic E-state index is -0.115. The van der Waals surface area contributed by atoms with Crippen LogP contribution in [0.2, 0.25) is 0 Å². The number of rotatable bonds is 4. The molecule has 0 N–H and O–H groups in total. The Balaban J connectivity index is 1.77. The van der Waals surface area contributed by atoms with Gasteiger partial charge in [-0.1, -0.05) is 70.2 Å². The molecule has 3 aromatic rings. The lowest BCUT2D eigenvalue weighted by atomic mass is 9.66. The van der Waals surface area contributed by atoms with Crippen LogP contribution in [0.4, 0.5) is 22.9 Å². The summed E-state index contributed by atoms with van der Waals surface area (Å²) in [6.07, 6.45) is 11.2. The van der Waals surface area contributed by atoms with E-state index < -0.39 is 0 Å². The highest BCUT2D eigenvalue weighted by Gasteiger charge is 2.50. The van der Waals surface area contributed by atoms with Gasteiger partial charge in [0.2, 0.25) is 0 Å². The average molecular weight is 506 g/mol. The predicted molar refractivity (Wildman–Crippen MR) is 159 cm³/mol. The maximum absolute atomic E-state index is 4.78. The van der Waals surface area contributed by atoms with E-state index in [9.17, 15) is 0 Å². The lowest BCUT2D eigenvalue weighted by Crippen LogP contribution is -2.43. The Bertz CT molecular complexity index is 1420. The van der Waals surface area contributed by atoms with Crippen LogP contribution in [0.1, 0.15) is 65.0 Å². The summed E-state index contributed by atoms with van der Waals surface area (Å²) in [7, 11) is 2.21. The molecular weight excluding hydrogens is 466 g/mol. The predicted octanol–water partition coefficient (Wildman–Crippen LogP) is 7.68. The van der Waals surface area contributed by atoms with Crippen molar-refractivity contribution in [2.75, 3.05) is 21.7 Å². The molecule has 2 unspecified atom stereocenters. The summed E-state index contributed by atoms with van der Waals surface area (Å²) in [4.78, 5) is 16.7. The van der Waals surface area contributed by atoms with E-state index >= 15 is 0 Å². The molecular formula is C33H39N5. The van der Waals surface area contributed by atoms with Crippen molar-refractivity contribution in [3.63, 3.8) is 0 Å². The number of benzene rings is 2. The molecule has 6 rings (SSSR count). The third-order valence-electron chi connectivity index (χ3n) is 9.19. The van der Waals surface area contributed by atoms with E-state index in [0.29, 0.717) is 12.0 Å². The molecule has 0 spiro atoms. The molecule has 38 heavy (non-hydrogen) atoms. The molecule has 0 amide bonds. The molecule has 0 radical (unpaired) electrons. The van der Waals surface area contributed by atoms with Crippen molar-refractivity contribution >= 4 is 28.5 Å². The lowest BCUT2D eigenvalue weighted by molar-refractivity contribution is 0.467. The molecule has 2 atom stereocenters. The Kier molecular flexibility index (Phi) is 6.05. The van der Waals surface area contributed by atoms with Crippen molar-refractivity contribution in [1.29, 1.82) is 0 Å². The minimum Gasteiger partial charge on any atom is -0.344 e. The van der Waals surface area contributed by atoms with Gasteiger partial charge in [0.25, 0.3) is 0 Å². The van der Waals surface area contributed by atoms with Gasteiger partial charge in [-0.3, -0.25) is 0 Å². The van der Waals surface area contributed by atoms with Crippen LogP contribution in [-0.4, -0.2) is 29.2 Å². The van der Waals surface area contributed by atoms with E-state index in [1.54, 1.807) is 6.33 Å². The van der Waals surface area contributed by atoms with Crippen LogP contribution in [0.3, 0.4) is 0 Å². The summed E-state index contributed by atoms with van der Waals surface area (Å²) in [6, 6.07) is 18.5. The smallest absolute Gasteiger partial charge is 0.157 e. The van der Waals surface area contributed by atoms with Crippen LogP contribution >= 0.6 is 0 Å². The molecule has 2 aromatic carbocycles. The van der Waals surface area contributed by atoms with Crippen molar-refractivity contribution in [2.24, 2.45) is 5.92 Å². The number of aromatic nitrogens is 2. The molecule has 3 aliphatic heterocycles. The zero-order valence-corrected chi connectivity index (χ0v) is 23.5. The fourth-order valence-electron chi connectivity index (χ4n) is 7.43. The Morgan fingerprint density at radius 2 is 1.71 bits per heavy atom. The first-order valence-electron chi connectivity index (χ1n) is 14.1. The van der Waals surface area contributed by atoms with Crippen LogP contribution in [0.5, 0.6) is 0 Å². The second kappa shape index (κ2) is 9.30. The molecule has 5 nitrogen and oxygen atoms in total. The first-order chi connectivity index (χ1) is 18.5. The first kappa shape index (κ1) is 24.7. The van der Waals surface area contributed by atoms with E-state index in [1.165, 1.54) is 33.6 Å². The van der Waals surface area contributed by atoms with Crippen molar-refractivity contribution < 1.29 is 0 Å². The number of para-hydroxylation sites is 2. The second-order valence-electron chi connectivity index (χ2n) is 11.2. The third-order valence-corrected chi connectivity index (χ3v) is 9.19. The molecule has 5 heteroatoms. The average Bonchev–Trinajstić information content (AvgIpc) is 3.08. The monoisotopic (exact) mass is 505 g/mol. The standard InChI is InChI=1S/C33H39N5/c1-7-18-37-26-16-12-10-14-23(26)30-24(19-28(37)22(4)5)32-36(6)31-29(20-34-21-35-31)38(32)27-17-13-11-15-25(27)33(30,8-2)9-3/h7,10-18,20-22,28,32H,8-9,19H2,1-6H3. The van der Waals surface area contributed by atoms with Gasteiger partial charge in [0, 0.05) is 41.6 Å². The van der Waals surface area contributed by atoms with E-state index in [-0.39, 0.29) is 11.6 Å². The molecule has 0 saturated carbocycles. The molecule has 0 saturated heterocycles. The number of likely N-dealkylation sites (N-methyl/N-ethyl adjacent to an activating group) is 1. The van der Waals surface area contributed by atoms with Crippen molar-refractivity contribution in [3.05, 3.63) is 90.0 Å². The fourth-order valence-corrected chi connectivity index (χ4v) is 7.43. The van der Waals surface area contributed by atoms with Crippen LogP contribution in [-0.2, 0) is 5.41 Å². The van der Waals surface area contributed by atoms with Gasteiger partial charge in [-0.2, -0.15) is 0 Å². The SMILES string of the molecule is CC=CN1c2ccccc2C2=C(CC1C(C)C)C1N(C)c3ncncc3N1c1ccccc1C2(CC)CC. The van der Waals surface area contributed by atoms with E-state index in [4.69, 9.17) is 4.98 Å². The summed E-state index contributed by atoms with van der Waals surface area (Å²) in [5.74, 6) is 1.47. The third kappa shape index (κ3) is 3.30. The normalized spacial score (nSPS) is 21.6. The summed E-state index contributed by atoms with van der Waals surface area (Å²) >= 11 is 0. The Morgan fingerprint density at radius 3 is 2.42 bits per heavy atom. The van der Waals surface area contributed by atoms with Gasteiger partial charge in [0.1, 0.15) is 18.2 Å². The highest BCUT2D eigenvalue weighted by molar-refractivity contribution is 5.94. The number of hydrogen-bond acceptors (Lipinski definition) is 5. The summed E-state index contributed by atoms with van der Waals surface area (Å²) in [6.45, 7) is 11.6. The van der Waals surface area contributed by atoms with Crippen LogP contribution in [0, 0.1) is 5.92 Å². The molecule has 1 aromatic heterocycles. The van der Waals surface area contributed by atoms with Crippen molar-refractivity contribution in [2.45, 2.75) is 71.5 Å². The maximum Gasteiger partial charge on any atom is 0.157 e. The summed E-state index contributed by atoms with van der Waals surface area (Å²) in [5, 5.41) is 0. The van der Waals surface area contributed by atoms with Crippen molar-refractivity contribution in [1.82, 2.24) is 9.97 Å². The Labute approximate surface area is 227 Å². The first-order valence-corrected chi connectivity index (χ1v) is 14.1. The van der Waals surface area contributed by atoms with Gasteiger partial charge in [0.15, 0.2) is 5.82 Å². The highest BCUT2D eigenvalue weighted by Crippen LogP contribution is 2.59. The summed E-state index contributed by atoms with van der Waals surface area (Å²) < 4.78 is 0. The van der Waals surface area contributed by atoms with Gasteiger partial charge in [-0.15, -0.1) is 0 Å². The van der Waals surface area contributed by atoms with Crippen molar-refractivity contribution in [3.8, 4) is 0 Å². The number of allylic oxidation sites excluding steroid dienone is 2. The van der Waals surface area contributed by atoms with Gasteiger partial charge in [0.05, 0.1) is 6.20 Å². The minimum absolute atomic E-state index is 0.0395. The second-order valence-corrected chi connectivity index (χ2v) is 11.2. The number of hydrogen-bond donors (Lipinski definition) is 0. The van der Waals surface area contributed by atoms with E-state index in [0.717, 1.165) is 30.8 Å².